The number of aromatic nitrogens is 2. The number of hydrogen-bond donors (Lipinski definition) is 0. The molecule has 160 valence electrons. The molecule has 1 amide bonds. The highest BCUT2D eigenvalue weighted by Gasteiger charge is 2.25. The van der Waals surface area contributed by atoms with E-state index in [-0.39, 0.29) is 16.5 Å². The molecule has 2 aromatic carbocycles. The van der Waals surface area contributed by atoms with E-state index in [0.717, 1.165) is 5.69 Å². The summed E-state index contributed by atoms with van der Waals surface area (Å²) in [6, 6.07) is 16.8. The van der Waals surface area contributed by atoms with Crippen molar-refractivity contribution in [3.8, 4) is 5.69 Å². The molecule has 1 fully saturated rings. The Morgan fingerprint density at radius 1 is 1.00 bits per heavy atom. The smallest absolute Gasteiger partial charge is 0.292 e. The molecule has 8 heteroatoms. The topological polar surface area (TPSA) is 61.7 Å². The summed E-state index contributed by atoms with van der Waals surface area (Å²) >= 11 is 6.42. The van der Waals surface area contributed by atoms with Gasteiger partial charge in [-0.2, -0.15) is 9.78 Å². The van der Waals surface area contributed by atoms with Gasteiger partial charge >= 0.3 is 0 Å². The maximum Gasteiger partial charge on any atom is 0.292 e. The fourth-order valence-electron chi connectivity index (χ4n) is 3.65. The summed E-state index contributed by atoms with van der Waals surface area (Å²) in [5.41, 5.74) is 2.56. The second kappa shape index (κ2) is 8.81. The van der Waals surface area contributed by atoms with Crippen molar-refractivity contribution in [2.45, 2.75) is 0 Å². The predicted molar refractivity (Wildman–Crippen MR) is 124 cm³/mol. The molecular weight excluding hydrogens is 414 g/mol. The molecule has 31 heavy (non-hydrogen) atoms. The van der Waals surface area contributed by atoms with Gasteiger partial charge in [0.05, 0.1) is 17.6 Å². The molecular formula is C23H24ClN5O2. The molecule has 0 unspecified atom stereocenters. The van der Waals surface area contributed by atoms with Gasteiger partial charge in [0.15, 0.2) is 0 Å². The van der Waals surface area contributed by atoms with E-state index in [1.165, 1.54) is 4.68 Å². The van der Waals surface area contributed by atoms with Crippen LogP contribution in [0.15, 0.2) is 65.6 Å². The molecule has 0 atom stereocenters. The van der Waals surface area contributed by atoms with E-state index in [1.807, 2.05) is 71.3 Å². The third-order valence-electron chi connectivity index (χ3n) is 5.42. The van der Waals surface area contributed by atoms with Crippen LogP contribution in [0.1, 0.15) is 10.4 Å². The molecule has 4 rings (SSSR count). The standard InChI is InChI=1S/C23H24ClN5O2/c1-26(2)19-10-6-7-17(15-19)22(30)28-13-11-27(12-14-28)20-16-25-29(23(31)21(20)24)18-8-4-3-5-9-18/h3-10,15-16H,11-14H2,1-2H3. The summed E-state index contributed by atoms with van der Waals surface area (Å²) in [4.78, 5) is 31.5. The minimum Gasteiger partial charge on any atom is -0.378 e. The Hall–Kier alpha value is -3.32. The lowest BCUT2D eigenvalue weighted by atomic mass is 10.1. The SMILES string of the molecule is CN(C)c1cccc(C(=O)N2CCN(c3cnn(-c4ccccc4)c(=O)c3Cl)CC2)c1. The highest BCUT2D eigenvalue weighted by atomic mass is 35.5. The van der Waals surface area contributed by atoms with Crippen molar-refractivity contribution in [2.75, 3.05) is 50.1 Å². The summed E-state index contributed by atoms with van der Waals surface area (Å²) in [5, 5.41) is 4.44. The van der Waals surface area contributed by atoms with Crippen LogP contribution in [0.3, 0.4) is 0 Å². The van der Waals surface area contributed by atoms with Gasteiger partial charge in [0.2, 0.25) is 0 Å². The van der Waals surface area contributed by atoms with Gasteiger partial charge in [-0.1, -0.05) is 35.9 Å². The number of benzene rings is 2. The Morgan fingerprint density at radius 3 is 2.39 bits per heavy atom. The molecule has 1 aromatic heterocycles. The second-order valence-corrected chi connectivity index (χ2v) is 8.00. The normalized spacial score (nSPS) is 13.9. The van der Waals surface area contributed by atoms with E-state index < -0.39 is 0 Å². The van der Waals surface area contributed by atoms with Crippen LogP contribution in [0.25, 0.3) is 5.69 Å². The summed E-state index contributed by atoms with van der Waals surface area (Å²) in [5.74, 6) is 0.00654. The lowest BCUT2D eigenvalue weighted by molar-refractivity contribution is 0.0747. The van der Waals surface area contributed by atoms with Crippen LogP contribution in [-0.4, -0.2) is 60.9 Å². The van der Waals surface area contributed by atoms with Gasteiger partial charge in [-0.3, -0.25) is 9.59 Å². The van der Waals surface area contributed by atoms with E-state index >= 15 is 0 Å². The highest BCUT2D eigenvalue weighted by Crippen LogP contribution is 2.24. The average molecular weight is 438 g/mol. The fourth-order valence-corrected chi connectivity index (χ4v) is 3.90. The zero-order valence-corrected chi connectivity index (χ0v) is 18.3. The first-order chi connectivity index (χ1) is 15.0. The number of para-hydroxylation sites is 1. The molecule has 1 aliphatic rings. The molecule has 0 spiro atoms. The van der Waals surface area contributed by atoms with Gasteiger partial charge in [0, 0.05) is 51.5 Å². The van der Waals surface area contributed by atoms with Crippen molar-refractivity contribution >= 4 is 28.9 Å². The van der Waals surface area contributed by atoms with E-state index in [9.17, 15) is 9.59 Å². The third-order valence-corrected chi connectivity index (χ3v) is 5.77. The molecule has 2 heterocycles. The Bertz CT molecular complexity index is 1140. The molecule has 3 aromatic rings. The monoisotopic (exact) mass is 437 g/mol. The van der Waals surface area contributed by atoms with Gasteiger partial charge in [0.25, 0.3) is 11.5 Å². The molecule has 0 radical (unpaired) electrons. The lowest BCUT2D eigenvalue weighted by Crippen LogP contribution is -2.49. The molecule has 0 N–H and O–H groups in total. The number of amides is 1. The number of carbonyl (C=O) groups excluding carboxylic acids is 1. The highest BCUT2D eigenvalue weighted by molar-refractivity contribution is 6.33. The molecule has 0 aliphatic carbocycles. The van der Waals surface area contributed by atoms with Crippen LogP contribution < -0.4 is 15.4 Å². The Kier molecular flexibility index (Phi) is 5.95. The molecule has 0 saturated carbocycles. The maximum atomic E-state index is 12.9. The number of anilines is 2. The van der Waals surface area contributed by atoms with Crippen LogP contribution in [0.4, 0.5) is 11.4 Å². The van der Waals surface area contributed by atoms with E-state index in [4.69, 9.17) is 11.6 Å². The van der Waals surface area contributed by atoms with E-state index in [0.29, 0.717) is 43.1 Å². The lowest BCUT2D eigenvalue weighted by Gasteiger charge is -2.36. The summed E-state index contributed by atoms with van der Waals surface area (Å²) < 4.78 is 1.29. The Labute approximate surface area is 186 Å². The van der Waals surface area contributed by atoms with E-state index in [1.54, 1.807) is 18.3 Å². The number of rotatable bonds is 4. The van der Waals surface area contributed by atoms with Gasteiger partial charge in [-0.05, 0) is 30.3 Å². The Balaban J connectivity index is 1.48. The van der Waals surface area contributed by atoms with Gasteiger partial charge < -0.3 is 14.7 Å². The number of halogens is 1. The molecule has 0 bridgehead atoms. The van der Waals surface area contributed by atoms with Crippen LogP contribution in [0.5, 0.6) is 0 Å². The number of nitrogens with zero attached hydrogens (tertiary/aromatic N) is 5. The van der Waals surface area contributed by atoms with Crippen molar-refractivity contribution in [1.29, 1.82) is 0 Å². The number of hydrogen-bond acceptors (Lipinski definition) is 5. The third kappa shape index (κ3) is 4.27. The summed E-state index contributed by atoms with van der Waals surface area (Å²) in [7, 11) is 3.90. The van der Waals surface area contributed by atoms with Crippen LogP contribution in [0, 0.1) is 0 Å². The fraction of sp³-hybridized carbons (Fsp3) is 0.261. The van der Waals surface area contributed by atoms with Crippen molar-refractivity contribution in [3.05, 3.63) is 81.7 Å². The Morgan fingerprint density at radius 2 is 1.71 bits per heavy atom. The van der Waals surface area contributed by atoms with Crippen LogP contribution in [-0.2, 0) is 0 Å². The van der Waals surface area contributed by atoms with Gasteiger partial charge in [-0.15, -0.1) is 0 Å². The van der Waals surface area contributed by atoms with Crippen molar-refractivity contribution < 1.29 is 4.79 Å². The molecule has 1 saturated heterocycles. The van der Waals surface area contributed by atoms with Crippen LogP contribution >= 0.6 is 11.6 Å². The van der Waals surface area contributed by atoms with Crippen molar-refractivity contribution in [2.24, 2.45) is 0 Å². The van der Waals surface area contributed by atoms with E-state index in [2.05, 4.69) is 5.10 Å². The van der Waals surface area contributed by atoms with Gasteiger partial charge in [0.1, 0.15) is 5.02 Å². The summed E-state index contributed by atoms with van der Waals surface area (Å²) in [6.45, 7) is 2.25. The minimum atomic E-state index is -0.357. The first-order valence-corrected chi connectivity index (χ1v) is 10.5. The minimum absolute atomic E-state index is 0.00654. The van der Waals surface area contributed by atoms with Crippen molar-refractivity contribution in [1.82, 2.24) is 14.7 Å². The van der Waals surface area contributed by atoms with Crippen molar-refractivity contribution in [3.63, 3.8) is 0 Å². The average Bonchev–Trinajstić information content (AvgIpc) is 2.81. The number of carbonyl (C=O) groups is 1. The molecule has 1 aliphatic heterocycles. The predicted octanol–water partition coefficient (Wildman–Crippen LogP) is 2.91. The van der Waals surface area contributed by atoms with Crippen LogP contribution in [0.2, 0.25) is 5.02 Å². The first-order valence-electron chi connectivity index (χ1n) is 10.1. The zero-order valence-electron chi connectivity index (χ0n) is 17.5. The quantitative estimate of drug-likeness (QED) is 0.628. The zero-order chi connectivity index (χ0) is 22.0. The summed E-state index contributed by atoms with van der Waals surface area (Å²) in [6.07, 6.45) is 1.62. The second-order valence-electron chi connectivity index (χ2n) is 7.62. The van der Waals surface area contributed by atoms with Gasteiger partial charge in [-0.25, -0.2) is 0 Å². The first kappa shape index (κ1) is 20.9. The largest absolute Gasteiger partial charge is 0.378 e. The molecule has 7 nitrogen and oxygen atoms in total. The number of piperazine rings is 1. The maximum absolute atomic E-state index is 12.9.